The maximum absolute atomic E-state index is 2.59. The second-order valence-corrected chi connectivity index (χ2v) is 28.4. The van der Waals surface area contributed by atoms with Crippen molar-refractivity contribution in [2.75, 3.05) is 16.8 Å². The lowest BCUT2D eigenvalue weighted by molar-refractivity contribution is 0.401. The van der Waals surface area contributed by atoms with Gasteiger partial charge in [0.1, 0.15) is 0 Å². The molecule has 0 unspecified atom stereocenters. The summed E-state index contributed by atoms with van der Waals surface area (Å²) in [5, 5.41) is 7.69. The Labute approximate surface area is 574 Å². The van der Waals surface area contributed by atoms with Crippen LogP contribution >= 0.6 is 0 Å². The molecule has 12 aromatic carbocycles. The van der Waals surface area contributed by atoms with Crippen LogP contribution in [0.1, 0.15) is 184 Å². The van der Waals surface area contributed by atoms with E-state index < -0.39 is 0 Å². The molecule has 0 saturated carbocycles. The minimum atomic E-state index is -0.0134. The molecule has 0 aromatic heterocycles. The molecule has 96 heavy (non-hydrogen) atoms. The lowest BCUT2D eigenvalue weighted by Gasteiger charge is -2.34. The van der Waals surface area contributed by atoms with Gasteiger partial charge >= 0.3 is 0 Å². The number of unbranched alkanes of at least 4 members (excludes halogenated alkanes) is 12. The molecule has 0 aliphatic heterocycles. The van der Waals surface area contributed by atoms with Crippen molar-refractivity contribution in [3.05, 3.63) is 270 Å². The van der Waals surface area contributed by atoms with E-state index in [1.807, 2.05) is 0 Å². The minimum absolute atomic E-state index is 0.0134. The highest BCUT2D eigenvalue weighted by Gasteiger charge is 2.44. The molecule has 0 fully saturated rings. The van der Waals surface area contributed by atoms with Crippen LogP contribution in [0.5, 0.6) is 0 Å². The van der Waals surface area contributed by atoms with E-state index in [4.69, 9.17) is 0 Å². The molecule has 0 radical (unpaired) electrons. The highest BCUT2D eigenvalue weighted by atomic mass is 15.1. The fourth-order valence-corrected chi connectivity index (χ4v) is 17.1. The van der Waals surface area contributed by atoms with E-state index in [9.17, 15) is 0 Å². The molecule has 2 aliphatic carbocycles. The monoisotopic (exact) mass is 1250 g/mol. The van der Waals surface area contributed by atoms with E-state index in [2.05, 4.69) is 294 Å². The second kappa shape index (κ2) is 28.8. The summed E-state index contributed by atoms with van der Waals surface area (Å²) in [5.41, 5.74) is 26.5. The van der Waals surface area contributed by atoms with Crippen molar-refractivity contribution in [1.29, 1.82) is 0 Å². The van der Waals surface area contributed by atoms with Gasteiger partial charge < -0.3 is 9.80 Å². The molecular formula is C94H98N2. The van der Waals surface area contributed by atoms with Crippen LogP contribution in [0.2, 0.25) is 0 Å². The van der Waals surface area contributed by atoms with E-state index in [0.29, 0.717) is 0 Å². The Morgan fingerprint density at radius 1 is 0.250 bits per heavy atom. The average Bonchev–Trinajstić information content (AvgIpc) is 1.51. The predicted molar refractivity (Wildman–Crippen MR) is 417 cm³/mol. The number of anilines is 5. The summed E-state index contributed by atoms with van der Waals surface area (Å²) in [7, 11) is 2.25. The molecule has 2 aliphatic rings. The van der Waals surface area contributed by atoms with Gasteiger partial charge in [-0.15, -0.1) is 0 Å². The lowest BCUT2D eigenvalue weighted by atomic mass is 9.70. The molecule has 0 spiro atoms. The molecule has 2 heteroatoms. The highest BCUT2D eigenvalue weighted by molar-refractivity contribution is 6.26. The topological polar surface area (TPSA) is 6.48 Å². The van der Waals surface area contributed by atoms with Gasteiger partial charge in [0, 0.05) is 46.3 Å². The summed E-state index contributed by atoms with van der Waals surface area (Å²) in [6.45, 7) is 11.5. The third-order valence-corrected chi connectivity index (χ3v) is 22.4. The Hall–Kier alpha value is -8.98. The summed E-state index contributed by atoms with van der Waals surface area (Å²) < 4.78 is 0. The molecule has 2 nitrogen and oxygen atoms in total. The number of hydrogen-bond donors (Lipinski definition) is 0. The number of aryl methyl sites for hydroxylation is 1. The summed E-state index contributed by atoms with van der Waals surface area (Å²) in [6, 6.07) is 93.8. The molecule has 0 bridgehead atoms. The summed E-state index contributed by atoms with van der Waals surface area (Å²) in [6.07, 6.45) is 25.2. The van der Waals surface area contributed by atoms with Gasteiger partial charge in [-0.25, -0.2) is 0 Å². The molecule has 14 rings (SSSR count). The molecule has 484 valence electrons. The Kier molecular flexibility index (Phi) is 19.3. The Bertz CT molecular complexity index is 4620. The number of hydrogen-bond acceptors (Lipinski definition) is 2. The zero-order valence-corrected chi connectivity index (χ0v) is 58.1. The molecule has 12 aromatic rings. The normalized spacial score (nSPS) is 13.3. The summed E-state index contributed by atoms with van der Waals surface area (Å²) >= 11 is 0. The Balaban J connectivity index is 0.772. The van der Waals surface area contributed by atoms with Crippen LogP contribution in [-0.4, -0.2) is 7.05 Å². The van der Waals surface area contributed by atoms with E-state index in [-0.39, 0.29) is 10.8 Å². The smallest absolute Gasteiger partial charge is 0.0465 e. The van der Waals surface area contributed by atoms with E-state index in [1.54, 1.807) is 11.1 Å². The molecule has 0 atom stereocenters. The largest absolute Gasteiger partial charge is 0.345 e. The maximum Gasteiger partial charge on any atom is 0.0465 e. The first-order valence-corrected chi connectivity index (χ1v) is 37.0. The first kappa shape index (κ1) is 64.4. The van der Waals surface area contributed by atoms with Crippen LogP contribution < -0.4 is 9.80 Å². The van der Waals surface area contributed by atoms with Gasteiger partial charge in [0.2, 0.25) is 0 Å². The molecule has 0 N–H and O–H groups in total. The van der Waals surface area contributed by atoms with Gasteiger partial charge in [-0.3, -0.25) is 0 Å². The van der Waals surface area contributed by atoms with Crippen molar-refractivity contribution in [3.8, 4) is 55.6 Å². The van der Waals surface area contributed by atoms with Gasteiger partial charge in [-0.05, 0) is 216 Å². The molecule has 0 saturated heterocycles. The minimum Gasteiger partial charge on any atom is -0.345 e. The van der Waals surface area contributed by atoms with Crippen LogP contribution in [0.15, 0.2) is 243 Å². The average molecular weight is 1260 g/mol. The van der Waals surface area contributed by atoms with Crippen molar-refractivity contribution in [1.82, 2.24) is 0 Å². The molecule has 0 heterocycles. The van der Waals surface area contributed by atoms with Gasteiger partial charge in [0.15, 0.2) is 0 Å². The van der Waals surface area contributed by atoms with E-state index in [1.165, 1.54) is 250 Å². The van der Waals surface area contributed by atoms with Crippen LogP contribution in [0.25, 0.3) is 88.0 Å². The third-order valence-electron chi connectivity index (χ3n) is 22.4. The third kappa shape index (κ3) is 12.4. The number of rotatable bonds is 28. The van der Waals surface area contributed by atoms with Crippen LogP contribution in [0.3, 0.4) is 0 Å². The number of benzene rings is 12. The first-order chi connectivity index (χ1) is 47.2. The van der Waals surface area contributed by atoms with Crippen molar-refractivity contribution in [2.45, 2.75) is 174 Å². The standard InChI is InChI=1S/C94H98N2/c1-7-11-15-25-59-93(60-26-16-12-8-2)89-33-23-21-31-83(89)85-57-53-77(65-91(85)93)95(6)74-47-39-70(40-48-74)72-45-55-81-82-56-46-73(64-88(82)80-30-20-19-29-79(80)87(81)63-72)71-43-51-76(52-44-71)96(75-49-41-69(42-50-75)68-37-35-67(5)36-38-68)78-54-58-86-84-32-22-24-34-90(84)94(92(86)66-78,61-27-17-13-9-3)62-28-18-14-10-4/h19-24,29-58,63-66H,7-18,25-28,59-62H2,1-6H3. The van der Waals surface area contributed by atoms with Crippen molar-refractivity contribution in [3.63, 3.8) is 0 Å². The highest BCUT2D eigenvalue weighted by Crippen LogP contribution is 2.58. The summed E-state index contributed by atoms with van der Waals surface area (Å²) in [5.74, 6) is 0. The Morgan fingerprint density at radius 2 is 0.573 bits per heavy atom. The number of fused-ring (bicyclic) bond motifs is 12. The van der Waals surface area contributed by atoms with Crippen LogP contribution in [-0.2, 0) is 10.8 Å². The van der Waals surface area contributed by atoms with Crippen molar-refractivity contribution in [2.24, 2.45) is 0 Å². The second-order valence-electron chi connectivity index (χ2n) is 28.4. The zero-order valence-electron chi connectivity index (χ0n) is 58.1. The van der Waals surface area contributed by atoms with E-state index >= 15 is 0 Å². The van der Waals surface area contributed by atoms with Crippen molar-refractivity contribution >= 4 is 60.8 Å². The zero-order chi connectivity index (χ0) is 65.6. The van der Waals surface area contributed by atoms with Crippen molar-refractivity contribution < 1.29 is 0 Å². The molecular weight excluding hydrogens is 1160 g/mol. The van der Waals surface area contributed by atoms with Gasteiger partial charge in [0.05, 0.1) is 0 Å². The fraction of sp³-hybridized carbons (Fsp3) is 0.298. The maximum atomic E-state index is 2.59. The summed E-state index contributed by atoms with van der Waals surface area (Å²) in [4.78, 5) is 4.91. The SMILES string of the molecule is CCCCCCC1(CCCCCC)c2ccccc2-c2ccc(N(C)c3ccc(-c4ccc5c6ccc(-c7ccc(N(c8ccc(-c9ccc(C)cc9)cc8)c8ccc9c(c8)C(CCCCCC)(CCCCCC)c8ccccc8-9)cc7)cc6c6ccccc6c5c4)cc3)cc21. The quantitative estimate of drug-likeness (QED) is 0.0356. The Morgan fingerprint density at radius 3 is 1.00 bits per heavy atom. The molecule has 0 amide bonds. The van der Waals surface area contributed by atoms with Crippen LogP contribution in [0, 0.1) is 6.92 Å². The van der Waals surface area contributed by atoms with Gasteiger partial charge in [-0.1, -0.05) is 306 Å². The van der Waals surface area contributed by atoms with Gasteiger partial charge in [-0.2, -0.15) is 0 Å². The van der Waals surface area contributed by atoms with E-state index in [0.717, 1.165) is 11.4 Å². The lowest BCUT2D eigenvalue weighted by Crippen LogP contribution is -2.26. The van der Waals surface area contributed by atoms with Crippen LogP contribution in [0.4, 0.5) is 28.4 Å². The van der Waals surface area contributed by atoms with Gasteiger partial charge in [0.25, 0.3) is 0 Å². The predicted octanol–water partition coefficient (Wildman–Crippen LogP) is 28.1. The first-order valence-electron chi connectivity index (χ1n) is 37.0. The number of nitrogens with zero attached hydrogens (tertiary/aromatic N) is 2. The fourth-order valence-electron chi connectivity index (χ4n) is 17.1.